The number of aromatic carboxylic acids is 1. The number of aryl methyl sites for hydroxylation is 2. The summed E-state index contributed by atoms with van der Waals surface area (Å²) in [5, 5.41) is 11.7. The number of halogens is 1. The molecular formula is C14H13BrN2O3. The van der Waals surface area contributed by atoms with Crippen LogP contribution in [-0.4, -0.2) is 22.0 Å². The van der Waals surface area contributed by atoms with E-state index in [0.717, 1.165) is 10.0 Å². The molecule has 0 radical (unpaired) electrons. The SMILES string of the molecule is Cc1cc(C(=O)Nc2c[nH]c(C)c2C(=O)O)ccc1Br. The Morgan fingerprint density at radius 1 is 1.30 bits per heavy atom. The van der Waals surface area contributed by atoms with Gasteiger partial charge in [-0.3, -0.25) is 4.79 Å². The highest BCUT2D eigenvalue weighted by molar-refractivity contribution is 9.10. The molecule has 3 N–H and O–H groups in total. The van der Waals surface area contributed by atoms with E-state index in [1.165, 1.54) is 6.20 Å². The minimum absolute atomic E-state index is 0.0761. The molecule has 0 bridgehead atoms. The van der Waals surface area contributed by atoms with Gasteiger partial charge in [-0.15, -0.1) is 0 Å². The average molecular weight is 337 g/mol. The maximum atomic E-state index is 12.1. The first kappa shape index (κ1) is 14.3. The lowest BCUT2D eigenvalue weighted by Gasteiger charge is -2.06. The van der Waals surface area contributed by atoms with Crippen LogP contribution >= 0.6 is 15.9 Å². The van der Waals surface area contributed by atoms with Gasteiger partial charge >= 0.3 is 5.97 Å². The number of amides is 1. The van der Waals surface area contributed by atoms with Crippen LogP contribution in [0.3, 0.4) is 0 Å². The van der Waals surface area contributed by atoms with Gasteiger partial charge in [-0.1, -0.05) is 15.9 Å². The predicted molar refractivity (Wildman–Crippen MR) is 79.3 cm³/mol. The molecule has 0 aliphatic carbocycles. The third-order valence-corrected chi connectivity index (χ3v) is 3.85. The van der Waals surface area contributed by atoms with Crippen LogP contribution in [0.2, 0.25) is 0 Å². The summed E-state index contributed by atoms with van der Waals surface area (Å²) in [6.07, 6.45) is 1.47. The molecule has 1 amide bonds. The molecule has 0 unspecified atom stereocenters. The number of carbonyl (C=O) groups excluding carboxylic acids is 1. The first-order valence-electron chi connectivity index (χ1n) is 5.89. The lowest BCUT2D eigenvalue weighted by atomic mass is 10.1. The number of hydrogen-bond donors (Lipinski definition) is 3. The number of H-pyrrole nitrogens is 1. The molecule has 0 atom stereocenters. The van der Waals surface area contributed by atoms with E-state index in [-0.39, 0.29) is 17.2 Å². The Morgan fingerprint density at radius 2 is 2.00 bits per heavy atom. The molecule has 5 nitrogen and oxygen atoms in total. The van der Waals surface area contributed by atoms with Crippen molar-refractivity contribution in [1.29, 1.82) is 0 Å². The molecule has 0 fully saturated rings. The lowest BCUT2D eigenvalue weighted by Crippen LogP contribution is -2.14. The zero-order chi connectivity index (χ0) is 14.9. The van der Waals surface area contributed by atoms with E-state index in [4.69, 9.17) is 5.11 Å². The smallest absolute Gasteiger partial charge is 0.339 e. The van der Waals surface area contributed by atoms with Crippen LogP contribution < -0.4 is 5.32 Å². The highest BCUT2D eigenvalue weighted by Gasteiger charge is 2.17. The number of carboxylic acids is 1. The molecule has 20 heavy (non-hydrogen) atoms. The van der Waals surface area contributed by atoms with Crippen molar-refractivity contribution in [3.05, 3.63) is 51.3 Å². The molecule has 6 heteroatoms. The quantitative estimate of drug-likeness (QED) is 0.803. The second-order valence-corrected chi connectivity index (χ2v) is 5.28. The largest absolute Gasteiger partial charge is 0.478 e. The van der Waals surface area contributed by atoms with Crippen molar-refractivity contribution in [2.24, 2.45) is 0 Å². The molecule has 2 rings (SSSR count). The molecule has 2 aromatic rings. The van der Waals surface area contributed by atoms with E-state index in [0.29, 0.717) is 11.3 Å². The summed E-state index contributed by atoms with van der Waals surface area (Å²) in [6.45, 7) is 3.52. The molecule has 0 saturated heterocycles. The maximum Gasteiger partial charge on any atom is 0.339 e. The fraction of sp³-hybridized carbons (Fsp3) is 0.143. The van der Waals surface area contributed by atoms with Crippen molar-refractivity contribution in [3.8, 4) is 0 Å². The van der Waals surface area contributed by atoms with Gasteiger partial charge in [0.2, 0.25) is 0 Å². The minimum Gasteiger partial charge on any atom is -0.478 e. The van der Waals surface area contributed by atoms with Crippen LogP contribution in [0.4, 0.5) is 5.69 Å². The van der Waals surface area contributed by atoms with Gasteiger partial charge in [0.25, 0.3) is 5.91 Å². The van der Waals surface area contributed by atoms with Gasteiger partial charge in [-0.25, -0.2) is 4.79 Å². The summed E-state index contributed by atoms with van der Waals surface area (Å²) in [4.78, 5) is 26.1. The first-order valence-corrected chi connectivity index (χ1v) is 6.68. The molecule has 1 aromatic carbocycles. The van der Waals surface area contributed by atoms with E-state index in [1.54, 1.807) is 25.1 Å². The fourth-order valence-corrected chi connectivity index (χ4v) is 2.13. The summed E-state index contributed by atoms with van der Waals surface area (Å²) in [5.41, 5.74) is 2.25. The number of hydrogen-bond acceptors (Lipinski definition) is 2. The molecule has 0 aliphatic heterocycles. The van der Waals surface area contributed by atoms with Crippen LogP contribution in [-0.2, 0) is 0 Å². The van der Waals surface area contributed by atoms with Crippen molar-refractivity contribution in [1.82, 2.24) is 4.98 Å². The maximum absolute atomic E-state index is 12.1. The molecule has 1 heterocycles. The Balaban J connectivity index is 2.28. The topological polar surface area (TPSA) is 82.2 Å². The summed E-state index contributed by atoms with van der Waals surface area (Å²) in [5.74, 6) is -1.42. The van der Waals surface area contributed by atoms with Gasteiger partial charge in [0.15, 0.2) is 0 Å². The predicted octanol–water partition coefficient (Wildman–Crippen LogP) is 3.34. The van der Waals surface area contributed by atoms with Crippen LogP contribution in [0.15, 0.2) is 28.9 Å². The van der Waals surface area contributed by atoms with Crippen molar-refractivity contribution >= 4 is 33.5 Å². The number of benzene rings is 1. The Bertz CT molecular complexity index is 692. The number of aromatic nitrogens is 1. The van der Waals surface area contributed by atoms with Crippen molar-refractivity contribution in [3.63, 3.8) is 0 Å². The molecule has 104 valence electrons. The molecule has 0 saturated carbocycles. The summed E-state index contributed by atoms with van der Waals surface area (Å²) in [7, 11) is 0. The molecule has 0 aliphatic rings. The van der Waals surface area contributed by atoms with Gasteiger partial charge in [-0.05, 0) is 37.6 Å². The van der Waals surface area contributed by atoms with Gasteiger partial charge in [-0.2, -0.15) is 0 Å². The van der Waals surface area contributed by atoms with Crippen molar-refractivity contribution in [2.75, 3.05) is 5.32 Å². The summed E-state index contributed by atoms with van der Waals surface area (Å²) in [6, 6.07) is 5.19. The van der Waals surface area contributed by atoms with Gasteiger partial charge in [0, 0.05) is 21.9 Å². The number of nitrogens with one attached hydrogen (secondary N) is 2. The third-order valence-electron chi connectivity index (χ3n) is 2.96. The van der Waals surface area contributed by atoms with Gasteiger partial charge < -0.3 is 15.4 Å². The van der Waals surface area contributed by atoms with E-state index in [2.05, 4.69) is 26.2 Å². The Hall–Kier alpha value is -2.08. The Kier molecular flexibility index (Phi) is 3.94. The normalized spacial score (nSPS) is 10.3. The Labute approximate surface area is 124 Å². The zero-order valence-electron chi connectivity index (χ0n) is 11.0. The molecule has 1 aromatic heterocycles. The molecule has 0 spiro atoms. The van der Waals surface area contributed by atoms with Crippen LogP contribution in [0.5, 0.6) is 0 Å². The van der Waals surface area contributed by atoms with Crippen LogP contribution in [0.25, 0.3) is 0 Å². The summed E-state index contributed by atoms with van der Waals surface area (Å²) < 4.78 is 0.915. The second kappa shape index (κ2) is 5.50. The highest BCUT2D eigenvalue weighted by Crippen LogP contribution is 2.21. The van der Waals surface area contributed by atoms with E-state index < -0.39 is 5.97 Å². The standard InChI is InChI=1S/C14H13BrN2O3/c1-7-5-9(3-4-10(7)15)13(18)17-11-6-16-8(2)12(11)14(19)20/h3-6,16H,1-2H3,(H,17,18)(H,19,20). The fourth-order valence-electron chi connectivity index (χ4n) is 1.88. The van der Waals surface area contributed by atoms with E-state index in [1.807, 2.05) is 6.92 Å². The van der Waals surface area contributed by atoms with Gasteiger partial charge in [0.1, 0.15) is 5.56 Å². The van der Waals surface area contributed by atoms with E-state index >= 15 is 0 Å². The Morgan fingerprint density at radius 3 is 2.60 bits per heavy atom. The highest BCUT2D eigenvalue weighted by atomic mass is 79.9. The number of anilines is 1. The number of aromatic amines is 1. The molecular weight excluding hydrogens is 324 g/mol. The first-order chi connectivity index (χ1) is 9.40. The average Bonchev–Trinajstić information content (AvgIpc) is 2.73. The lowest BCUT2D eigenvalue weighted by molar-refractivity contribution is 0.0697. The third kappa shape index (κ3) is 2.75. The van der Waals surface area contributed by atoms with Crippen LogP contribution in [0, 0.1) is 13.8 Å². The second-order valence-electron chi connectivity index (χ2n) is 4.43. The minimum atomic E-state index is -1.08. The number of rotatable bonds is 3. The van der Waals surface area contributed by atoms with Crippen LogP contribution in [0.1, 0.15) is 32.0 Å². The summed E-state index contributed by atoms with van der Waals surface area (Å²) >= 11 is 3.36. The number of carboxylic acid groups (broad SMARTS) is 1. The van der Waals surface area contributed by atoms with Crippen molar-refractivity contribution in [2.45, 2.75) is 13.8 Å². The number of carbonyl (C=O) groups is 2. The van der Waals surface area contributed by atoms with Crippen molar-refractivity contribution < 1.29 is 14.7 Å². The monoisotopic (exact) mass is 336 g/mol. The zero-order valence-corrected chi connectivity index (χ0v) is 12.5. The van der Waals surface area contributed by atoms with E-state index in [9.17, 15) is 9.59 Å². The van der Waals surface area contributed by atoms with Gasteiger partial charge in [0.05, 0.1) is 5.69 Å².